The van der Waals surface area contributed by atoms with E-state index in [2.05, 4.69) is 34.2 Å². The Kier molecular flexibility index (Phi) is 10.7. The molecule has 3 aliphatic rings. The van der Waals surface area contributed by atoms with Crippen molar-refractivity contribution < 1.29 is 13.9 Å². The SMILES string of the molecule is C=N/C=C(\SCCCN1CCOCC1)C(=O)NC(CCCC)CC1=CNC2C=CC(F)=CC12. The third-order valence-corrected chi connectivity index (χ3v) is 7.31. The minimum atomic E-state index is -0.198. The Labute approximate surface area is 201 Å². The molecule has 1 amide bonds. The van der Waals surface area contributed by atoms with Gasteiger partial charge in [0, 0.05) is 31.2 Å². The molecule has 2 N–H and O–H groups in total. The van der Waals surface area contributed by atoms with Crippen LogP contribution in [-0.2, 0) is 9.53 Å². The number of nitrogens with one attached hydrogen (secondary N) is 2. The van der Waals surface area contributed by atoms with Gasteiger partial charge in [-0.05, 0) is 62.2 Å². The van der Waals surface area contributed by atoms with Crippen molar-refractivity contribution in [1.29, 1.82) is 0 Å². The predicted octanol–water partition coefficient (Wildman–Crippen LogP) is 3.94. The van der Waals surface area contributed by atoms with Crippen LogP contribution in [0.25, 0.3) is 0 Å². The first kappa shape index (κ1) is 25.7. The zero-order valence-corrected chi connectivity index (χ0v) is 20.4. The molecular formula is C25H37FN4O2S. The lowest BCUT2D eigenvalue weighted by molar-refractivity contribution is -0.117. The van der Waals surface area contributed by atoms with Crippen LogP contribution in [0.4, 0.5) is 4.39 Å². The Morgan fingerprint density at radius 2 is 2.27 bits per heavy atom. The minimum absolute atomic E-state index is 0.00576. The first-order chi connectivity index (χ1) is 16.1. The summed E-state index contributed by atoms with van der Waals surface area (Å²) in [5.41, 5.74) is 1.13. The fourth-order valence-corrected chi connectivity index (χ4v) is 5.23. The Balaban J connectivity index is 1.52. The highest BCUT2D eigenvalue weighted by Gasteiger charge is 2.30. The Hall–Kier alpha value is -1.90. The molecule has 1 saturated heterocycles. The van der Waals surface area contributed by atoms with E-state index in [1.807, 2.05) is 12.3 Å². The number of rotatable bonds is 13. The summed E-state index contributed by atoms with van der Waals surface area (Å²) in [6.07, 6.45) is 13.3. The van der Waals surface area contributed by atoms with Gasteiger partial charge in [0.05, 0.1) is 24.2 Å². The molecule has 0 aromatic heterocycles. The molecule has 3 unspecified atom stereocenters. The number of aliphatic imine (C=N–C) groups is 1. The second kappa shape index (κ2) is 13.7. The monoisotopic (exact) mass is 476 g/mol. The molecule has 2 heterocycles. The van der Waals surface area contributed by atoms with Gasteiger partial charge in [-0.1, -0.05) is 25.8 Å². The lowest BCUT2D eigenvalue weighted by Gasteiger charge is -2.26. The maximum absolute atomic E-state index is 13.8. The van der Waals surface area contributed by atoms with E-state index in [4.69, 9.17) is 4.74 Å². The summed E-state index contributed by atoms with van der Waals surface area (Å²) < 4.78 is 19.2. The van der Waals surface area contributed by atoms with Crippen molar-refractivity contribution in [3.8, 4) is 0 Å². The molecule has 0 aromatic carbocycles. The number of fused-ring (bicyclic) bond motifs is 1. The quantitative estimate of drug-likeness (QED) is 0.239. The number of ether oxygens (including phenoxy) is 1. The normalized spacial score (nSPS) is 23.9. The third kappa shape index (κ3) is 8.12. The van der Waals surface area contributed by atoms with Crippen LogP contribution >= 0.6 is 11.8 Å². The summed E-state index contributed by atoms with van der Waals surface area (Å²) in [6.45, 7) is 10.2. The van der Waals surface area contributed by atoms with Crippen molar-refractivity contribution in [3.05, 3.63) is 46.9 Å². The van der Waals surface area contributed by atoms with Gasteiger partial charge in [-0.15, -0.1) is 11.8 Å². The minimum Gasteiger partial charge on any atom is -0.384 e. The molecule has 8 heteroatoms. The van der Waals surface area contributed by atoms with E-state index in [9.17, 15) is 9.18 Å². The molecule has 3 atom stereocenters. The summed E-state index contributed by atoms with van der Waals surface area (Å²) in [7, 11) is 0. The first-order valence-electron chi connectivity index (χ1n) is 12.0. The number of morpholine rings is 1. The zero-order valence-electron chi connectivity index (χ0n) is 19.6. The van der Waals surface area contributed by atoms with Crippen LogP contribution in [-0.4, -0.2) is 68.2 Å². The van der Waals surface area contributed by atoms with Gasteiger partial charge < -0.3 is 15.4 Å². The second-order valence-corrected chi connectivity index (χ2v) is 9.83. The maximum Gasteiger partial charge on any atom is 0.259 e. The zero-order chi connectivity index (χ0) is 23.5. The number of unbranched alkanes of at least 4 members (excludes halogenated alkanes) is 1. The van der Waals surface area contributed by atoms with E-state index in [-0.39, 0.29) is 29.7 Å². The van der Waals surface area contributed by atoms with Crippen molar-refractivity contribution in [3.63, 3.8) is 0 Å². The predicted molar refractivity (Wildman–Crippen MR) is 135 cm³/mol. The molecule has 0 saturated carbocycles. The number of halogens is 1. The number of nitrogens with zero attached hydrogens (tertiary/aromatic N) is 2. The van der Waals surface area contributed by atoms with Crippen LogP contribution < -0.4 is 10.6 Å². The highest BCUT2D eigenvalue weighted by atomic mass is 32.2. The Morgan fingerprint density at radius 1 is 1.45 bits per heavy atom. The van der Waals surface area contributed by atoms with Crippen LogP contribution in [0.15, 0.2) is 51.9 Å². The van der Waals surface area contributed by atoms with Crippen LogP contribution in [0.3, 0.4) is 0 Å². The van der Waals surface area contributed by atoms with Crippen molar-refractivity contribution in [1.82, 2.24) is 15.5 Å². The van der Waals surface area contributed by atoms with Gasteiger partial charge >= 0.3 is 0 Å². The average molecular weight is 477 g/mol. The van der Waals surface area contributed by atoms with E-state index >= 15 is 0 Å². The third-order valence-electron chi connectivity index (χ3n) is 6.21. The molecule has 6 nitrogen and oxygen atoms in total. The summed E-state index contributed by atoms with van der Waals surface area (Å²) >= 11 is 1.53. The maximum atomic E-state index is 13.8. The molecule has 33 heavy (non-hydrogen) atoms. The van der Waals surface area contributed by atoms with Gasteiger partial charge in [-0.2, -0.15) is 0 Å². The molecule has 1 aliphatic carbocycles. The summed E-state index contributed by atoms with van der Waals surface area (Å²) in [4.78, 5) is 19.9. The lowest BCUT2D eigenvalue weighted by atomic mass is 9.87. The van der Waals surface area contributed by atoms with Gasteiger partial charge in [0.1, 0.15) is 5.83 Å². The summed E-state index contributed by atoms with van der Waals surface area (Å²) in [6, 6.07) is 0.0956. The number of thioether (sulfide) groups is 1. The Bertz CT molecular complexity index is 789. The molecule has 182 valence electrons. The lowest BCUT2D eigenvalue weighted by Crippen LogP contribution is -2.37. The molecule has 2 aliphatic heterocycles. The van der Waals surface area contributed by atoms with Crippen LogP contribution in [0.1, 0.15) is 39.0 Å². The Morgan fingerprint density at radius 3 is 3.03 bits per heavy atom. The highest BCUT2D eigenvalue weighted by Crippen LogP contribution is 2.32. The van der Waals surface area contributed by atoms with Crippen LogP contribution in [0.2, 0.25) is 0 Å². The van der Waals surface area contributed by atoms with Crippen molar-refractivity contribution >= 4 is 24.4 Å². The number of amides is 1. The molecule has 0 radical (unpaired) electrons. The highest BCUT2D eigenvalue weighted by molar-refractivity contribution is 8.03. The number of allylic oxidation sites excluding steroid dienone is 2. The molecule has 0 spiro atoms. The van der Waals surface area contributed by atoms with E-state index < -0.39 is 0 Å². The van der Waals surface area contributed by atoms with Gasteiger partial charge in [0.25, 0.3) is 5.91 Å². The summed E-state index contributed by atoms with van der Waals surface area (Å²) in [5, 5.41) is 6.54. The second-order valence-electron chi connectivity index (χ2n) is 8.70. The van der Waals surface area contributed by atoms with E-state index in [0.717, 1.165) is 69.9 Å². The smallest absolute Gasteiger partial charge is 0.259 e. The van der Waals surface area contributed by atoms with Gasteiger partial charge in [-0.3, -0.25) is 14.7 Å². The van der Waals surface area contributed by atoms with Gasteiger partial charge in [0.2, 0.25) is 0 Å². The van der Waals surface area contributed by atoms with Crippen molar-refractivity contribution in [2.45, 2.75) is 51.1 Å². The standard InChI is InChI=1S/C25H37FN4O2S/c1-3-4-6-21(15-19-17-28-23-8-7-20(26)16-22(19)23)29-25(31)24(18-27-2)33-14-5-9-30-10-12-32-13-11-30/h7-8,16-18,21-23,28H,2-6,9-15H2,1H3,(H,29,31)/b24-18-. The molecule has 0 aromatic rings. The fraction of sp³-hybridized carbons (Fsp3) is 0.600. The van der Waals surface area contributed by atoms with E-state index in [0.29, 0.717) is 11.3 Å². The average Bonchev–Trinajstić information content (AvgIpc) is 3.21. The molecular weight excluding hydrogens is 439 g/mol. The van der Waals surface area contributed by atoms with Crippen molar-refractivity contribution in [2.24, 2.45) is 10.9 Å². The van der Waals surface area contributed by atoms with Crippen LogP contribution in [0.5, 0.6) is 0 Å². The largest absolute Gasteiger partial charge is 0.384 e. The number of carbonyl (C=O) groups is 1. The summed E-state index contributed by atoms with van der Waals surface area (Å²) in [5.74, 6) is 0.556. The fourth-order valence-electron chi connectivity index (χ4n) is 4.39. The molecule has 0 bridgehead atoms. The first-order valence-corrected chi connectivity index (χ1v) is 13.0. The van der Waals surface area contributed by atoms with Crippen molar-refractivity contribution in [2.75, 3.05) is 38.6 Å². The van der Waals surface area contributed by atoms with Crippen LogP contribution in [0, 0.1) is 5.92 Å². The number of carbonyl (C=O) groups excluding carboxylic acids is 1. The van der Waals surface area contributed by atoms with E-state index in [1.165, 1.54) is 17.8 Å². The number of hydrogen-bond acceptors (Lipinski definition) is 6. The van der Waals surface area contributed by atoms with Gasteiger partial charge in [0.15, 0.2) is 0 Å². The van der Waals surface area contributed by atoms with E-state index in [1.54, 1.807) is 12.3 Å². The molecule has 3 rings (SSSR count). The molecule has 1 fully saturated rings. The number of hydrogen-bond donors (Lipinski definition) is 2. The topological polar surface area (TPSA) is 66.0 Å². The van der Waals surface area contributed by atoms with Gasteiger partial charge in [-0.25, -0.2) is 4.39 Å².